The van der Waals surface area contributed by atoms with Crippen LogP contribution in [-0.4, -0.2) is 11.9 Å². The summed E-state index contributed by atoms with van der Waals surface area (Å²) in [6.07, 6.45) is 1.90. The Kier molecular flexibility index (Phi) is 4.94. The number of hydrogen-bond acceptors (Lipinski definition) is 2. The topological polar surface area (TPSA) is 29.5 Å². The molecule has 0 bridgehead atoms. The van der Waals surface area contributed by atoms with Crippen molar-refractivity contribution in [2.24, 2.45) is 5.41 Å². The zero-order chi connectivity index (χ0) is 13.8. The van der Waals surface area contributed by atoms with Crippen LogP contribution in [0.5, 0.6) is 0 Å². The molecule has 1 aromatic rings. The van der Waals surface area contributed by atoms with Gasteiger partial charge in [0.25, 0.3) is 0 Å². The Morgan fingerprint density at radius 3 is 2.00 bits per heavy atom. The third-order valence-corrected chi connectivity index (χ3v) is 3.19. The normalized spacial score (nSPS) is 12.8. The second-order valence-electron chi connectivity index (χ2n) is 6.90. The third kappa shape index (κ3) is 4.79. The summed E-state index contributed by atoms with van der Waals surface area (Å²) in [5.74, 6) is 0. The standard InChI is InChI=1S/C16H26O2/c1-15(2,3)12-16(4,5)14-8-6-13(7-9-14)10-11-18-17/h6-9,17H,10-12H2,1-5H3. The summed E-state index contributed by atoms with van der Waals surface area (Å²) in [4.78, 5) is 4.11. The van der Waals surface area contributed by atoms with Crippen molar-refractivity contribution in [3.05, 3.63) is 35.4 Å². The van der Waals surface area contributed by atoms with Crippen molar-refractivity contribution in [2.45, 2.75) is 52.9 Å². The molecule has 1 N–H and O–H groups in total. The van der Waals surface area contributed by atoms with Crippen LogP contribution in [0.2, 0.25) is 0 Å². The van der Waals surface area contributed by atoms with Crippen molar-refractivity contribution >= 4 is 0 Å². The van der Waals surface area contributed by atoms with Crippen molar-refractivity contribution in [2.75, 3.05) is 6.61 Å². The molecule has 0 heterocycles. The molecule has 0 aliphatic rings. The molecule has 0 aromatic heterocycles. The lowest BCUT2D eigenvalue weighted by atomic mass is 9.72. The highest BCUT2D eigenvalue weighted by Gasteiger charge is 2.26. The average Bonchev–Trinajstić information content (AvgIpc) is 2.23. The summed E-state index contributed by atoms with van der Waals surface area (Å²) in [5.41, 5.74) is 3.07. The minimum atomic E-state index is 0.185. The Bertz CT molecular complexity index is 358. The smallest absolute Gasteiger partial charge is 0.0860 e. The van der Waals surface area contributed by atoms with E-state index in [1.807, 2.05) is 0 Å². The van der Waals surface area contributed by atoms with Crippen LogP contribution in [0.1, 0.15) is 52.2 Å². The van der Waals surface area contributed by atoms with Crippen molar-refractivity contribution < 1.29 is 10.1 Å². The second-order valence-corrected chi connectivity index (χ2v) is 6.90. The monoisotopic (exact) mass is 250 g/mol. The molecule has 0 saturated heterocycles. The van der Waals surface area contributed by atoms with Crippen molar-refractivity contribution in [1.82, 2.24) is 0 Å². The fourth-order valence-electron chi connectivity index (χ4n) is 2.71. The van der Waals surface area contributed by atoms with Crippen LogP contribution in [0.15, 0.2) is 24.3 Å². The zero-order valence-corrected chi connectivity index (χ0v) is 12.3. The van der Waals surface area contributed by atoms with Gasteiger partial charge in [-0.3, -0.25) is 5.26 Å². The van der Waals surface area contributed by atoms with Crippen molar-refractivity contribution in [3.8, 4) is 0 Å². The first kappa shape index (κ1) is 15.2. The lowest BCUT2D eigenvalue weighted by molar-refractivity contribution is -0.241. The molecule has 102 valence electrons. The van der Waals surface area contributed by atoms with E-state index >= 15 is 0 Å². The maximum atomic E-state index is 8.34. The SMILES string of the molecule is CC(C)(C)CC(C)(C)c1ccc(CCOO)cc1. The van der Waals surface area contributed by atoms with Crippen LogP contribution in [0.4, 0.5) is 0 Å². The van der Waals surface area contributed by atoms with Gasteiger partial charge in [-0.15, -0.1) is 0 Å². The van der Waals surface area contributed by atoms with Crippen LogP contribution in [0, 0.1) is 5.41 Å². The number of hydrogen-bond donors (Lipinski definition) is 1. The first-order chi connectivity index (χ1) is 8.24. The summed E-state index contributed by atoms with van der Waals surface area (Å²) in [5, 5.41) is 8.34. The molecular formula is C16H26O2. The molecule has 0 fully saturated rings. The molecule has 0 aliphatic heterocycles. The minimum absolute atomic E-state index is 0.185. The van der Waals surface area contributed by atoms with Crippen LogP contribution < -0.4 is 0 Å². The predicted molar refractivity (Wildman–Crippen MR) is 75.8 cm³/mol. The Hall–Kier alpha value is -0.860. The molecular weight excluding hydrogens is 224 g/mol. The quantitative estimate of drug-likeness (QED) is 0.618. The van der Waals surface area contributed by atoms with Gasteiger partial charge in [0.2, 0.25) is 0 Å². The van der Waals surface area contributed by atoms with Gasteiger partial charge in [-0.05, 0) is 34.8 Å². The Morgan fingerprint density at radius 2 is 1.56 bits per heavy atom. The summed E-state index contributed by atoms with van der Waals surface area (Å²) in [6, 6.07) is 8.63. The Labute approximate surface area is 111 Å². The maximum Gasteiger partial charge on any atom is 0.0860 e. The van der Waals surface area contributed by atoms with Gasteiger partial charge in [0.05, 0.1) is 6.61 Å². The summed E-state index contributed by atoms with van der Waals surface area (Å²) < 4.78 is 0. The molecule has 0 aliphatic carbocycles. The molecule has 2 heteroatoms. The number of benzene rings is 1. The van der Waals surface area contributed by atoms with E-state index in [0.717, 1.165) is 12.8 Å². The van der Waals surface area contributed by atoms with Gasteiger partial charge in [0.1, 0.15) is 0 Å². The van der Waals surface area contributed by atoms with E-state index in [4.69, 9.17) is 5.26 Å². The van der Waals surface area contributed by atoms with Gasteiger partial charge in [-0.1, -0.05) is 58.9 Å². The summed E-state index contributed by atoms with van der Waals surface area (Å²) >= 11 is 0. The van der Waals surface area contributed by atoms with Gasteiger partial charge in [-0.2, -0.15) is 0 Å². The molecule has 1 rings (SSSR count). The molecule has 0 saturated carbocycles. The van der Waals surface area contributed by atoms with Gasteiger partial charge < -0.3 is 0 Å². The highest BCUT2D eigenvalue weighted by Crippen LogP contribution is 2.36. The molecule has 0 unspecified atom stereocenters. The van der Waals surface area contributed by atoms with Crippen LogP contribution in [0.25, 0.3) is 0 Å². The van der Waals surface area contributed by atoms with E-state index in [0.29, 0.717) is 12.0 Å². The van der Waals surface area contributed by atoms with Gasteiger partial charge in [-0.25, -0.2) is 4.89 Å². The van der Waals surface area contributed by atoms with Crippen LogP contribution in [-0.2, 0) is 16.7 Å². The summed E-state index contributed by atoms with van der Waals surface area (Å²) in [7, 11) is 0. The third-order valence-electron chi connectivity index (χ3n) is 3.19. The molecule has 0 amide bonds. The van der Waals surface area contributed by atoms with Crippen molar-refractivity contribution in [3.63, 3.8) is 0 Å². The average molecular weight is 250 g/mol. The van der Waals surface area contributed by atoms with E-state index in [1.54, 1.807) is 0 Å². The van der Waals surface area contributed by atoms with E-state index in [-0.39, 0.29) is 5.41 Å². The Morgan fingerprint density at radius 1 is 1.00 bits per heavy atom. The van der Waals surface area contributed by atoms with Gasteiger partial charge in [0.15, 0.2) is 0 Å². The number of rotatable bonds is 5. The maximum absolute atomic E-state index is 8.34. The highest BCUT2D eigenvalue weighted by molar-refractivity contribution is 5.28. The second kappa shape index (κ2) is 5.85. The van der Waals surface area contributed by atoms with Gasteiger partial charge in [0, 0.05) is 0 Å². The largest absolute Gasteiger partial charge is 0.252 e. The molecule has 0 radical (unpaired) electrons. The minimum Gasteiger partial charge on any atom is -0.252 e. The summed E-state index contributed by atoms with van der Waals surface area (Å²) in [6.45, 7) is 11.8. The first-order valence-electron chi connectivity index (χ1n) is 6.60. The molecule has 0 atom stereocenters. The van der Waals surface area contributed by atoms with E-state index in [9.17, 15) is 0 Å². The first-order valence-corrected chi connectivity index (χ1v) is 6.60. The molecule has 0 spiro atoms. The molecule has 1 aromatic carbocycles. The van der Waals surface area contributed by atoms with Crippen LogP contribution >= 0.6 is 0 Å². The lowest BCUT2D eigenvalue weighted by Crippen LogP contribution is -2.24. The molecule has 18 heavy (non-hydrogen) atoms. The van der Waals surface area contributed by atoms with E-state index in [2.05, 4.69) is 63.8 Å². The van der Waals surface area contributed by atoms with Crippen molar-refractivity contribution in [1.29, 1.82) is 0 Å². The van der Waals surface area contributed by atoms with Crippen LogP contribution in [0.3, 0.4) is 0 Å². The highest BCUT2D eigenvalue weighted by atomic mass is 17.1. The van der Waals surface area contributed by atoms with E-state index < -0.39 is 0 Å². The predicted octanol–water partition coefficient (Wildman–Crippen LogP) is 4.43. The van der Waals surface area contributed by atoms with Gasteiger partial charge >= 0.3 is 0 Å². The van der Waals surface area contributed by atoms with E-state index in [1.165, 1.54) is 11.1 Å². The fourth-order valence-corrected chi connectivity index (χ4v) is 2.71. The lowest BCUT2D eigenvalue weighted by Gasteiger charge is -2.33. The Balaban J connectivity index is 2.77. The molecule has 2 nitrogen and oxygen atoms in total. The fraction of sp³-hybridized carbons (Fsp3) is 0.625. The zero-order valence-electron chi connectivity index (χ0n) is 12.3.